The first-order chi connectivity index (χ1) is 29.2. The molecule has 8 rings (SSSR count). The molecule has 62 heavy (non-hydrogen) atoms. The van der Waals surface area contributed by atoms with E-state index in [2.05, 4.69) is 27.0 Å². The molecule has 1 amide bonds. The number of fused-ring (bicyclic) bond motifs is 2. The number of anilines is 1. The Hall–Kier alpha value is -4.48. The van der Waals surface area contributed by atoms with Crippen molar-refractivity contribution in [3.8, 4) is 23.0 Å². The van der Waals surface area contributed by atoms with Crippen LogP contribution in [0, 0.1) is 23.5 Å². The van der Waals surface area contributed by atoms with E-state index in [9.17, 15) is 31.3 Å². The van der Waals surface area contributed by atoms with Crippen LogP contribution in [0.1, 0.15) is 91.9 Å². The summed E-state index contributed by atoms with van der Waals surface area (Å²) in [4.78, 5) is 19.1. The molecule has 1 saturated carbocycles. The van der Waals surface area contributed by atoms with Crippen LogP contribution in [-0.4, -0.2) is 64.5 Å². The number of thioether (sulfide) groups is 1. The van der Waals surface area contributed by atoms with Crippen LogP contribution in [0.25, 0.3) is 22.0 Å². The van der Waals surface area contributed by atoms with Crippen molar-refractivity contribution in [2.75, 3.05) is 24.2 Å². The van der Waals surface area contributed by atoms with Crippen LogP contribution in [0.2, 0.25) is 5.02 Å². The molecule has 2 aliphatic carbocycles. The molecule has 3 aromatic heterocycles. The number of carbonyl (C=O) groups excluding carboxylic acids is 1. The van der Waals surface area contributed by atoms with Gasteiger partial charge >= 0.3 is 6.18 Å². The number of amides is 1. The highest BCUT2D eigenvalue weighted by atomic mass is 35.5. The third kappa shape index (κ3) is 9.12. The van der Waals surface area contributed by atoms with Crippen molar-refractivity contribution in [3.63, 3.8) is 0 Å². The fraction of sp³-hybridized carbons (Fsp3) is 0.429. The average Bonchev–Trinajstić information content (AvgIpc) is 3.64. The zero-order chi connectivity index (χ0) is 44.5. The largest absolute Gasteiger partial charge is 0.593 e. The Balaban J connectivity index is 1.30. The Morgan fingerprint density at radius 3 is 2.42 bits per heavy atom. The number of halogens is 8. The first-order valence-electron chi connectivity index (χ1n) is 19.6. The summed E-state index contributed by atoms with van der Waals surface area (Å²) in [5, 5.41) is 12.1. The van der Waals surface area contributed by atoms with Crippen molar-refractivity contribution >= 4 is 57.4 Å². The normalized spacial score (nSPS) is 18.5. The summed E-state index contributed by atoms with van der Waals surface area (Å²) in [6.07, 6.45) is -2.73. The third-order valence-electron chi connectivity index (χ3n) is 10.7. The monoisotopic (exact) mass is 921 g/mol. The standard InChI is InChI=1S/C42H39ClF7N7O3S2/c1-21-17-41(46,47)38-33(21)37(42(48,49)50)53-56(38)18-32(58)52-31(15-22-13-23(44)16-24(45)14-22)35-28(8-5-25(51-35)11-12-40(2,3)61-27-6-7-27)29-9-10-30(43)34-36(29)57(26-19-60-20-26)54-39(34)55-62(4)59/h5,8-10,13-14,16,21,26-27,31H,6-7,15,17-20H2,1-4H3,(H,52,58)(H,54,55)/t21-,31?,62?/m0/s1. The van der Waals surface area contributed by atoms with E-state index in [1.54, 1.807) is 40.7 Å². The lowest BCUT2D eigenvalue weighted by atomic mass is 9.93. The van der Waals surface area contributed by atoms with E-state index in [4.69, 9.17) is 26.4 Å². The maximum atomic E-state index is 15.4. The molecular formula is C42H39ClF7N7O3S2. The molecule has 0 bridgehead atoms. The molecule has 2 aromatic carbocycles. The third-order valence-corrected chi connectivity index (χ3v) is 13.0. The molecular weight excluding hydrogens is 883 g/mol. The maximum absolute atomic E-state index is 15.4. The SMILES string of the molecule is C[C@H]1CC(F)(F)c2c1c(C(F)(F)F)nn2CC(=O)NC(Cc1cc(F)cc(F)c1)c1nc(C#CC(C)(C)SC2CC2)ccc1-c1ccc(Cl)c2c(N[S+](C)[O-])nn(C3COC3)c12. The van der Waals surface area contributed by atoms with Gasteiger partial charge in [-0.3, -0.25) is 14.2 Å². The number of carbonyl (C=O) groups is 1. The van der Waals surface area contributed by atoms with Crippen LogP contribution >= 0.6 is 23.4 Å². The van der Waals surface area contributed by atoms with Crippen molar-refractivity contribution in [1.82, 2.24) is 29.9 Å². The molecule has 2 unspecified atom stereocenters. The van der Waals surface area contributed by atoms with E-state index >= 15 is 8.78 Å². The summed E-state index contributed by atoms with van der Waals surface area (Å²) in [6, 6.07) is 7.82. The molecule has 1 aliphatic heterocycles. The lowest BCUT2D eigenvalue weighted by Gasteiger charge is -2.28. The van der Waals surface area contributed by atoms with Crippen LogP contribution in [0.4, 0.5) is 36.6 Å². The average molecular weight is 922 g/mol. The summed E-state index contributed by atoms with van der Waals surface area (Å²) in [6.45, 7) is 4.72. The van der Waals surface area contributed by atoms with Gasteiger partial charge in [0.25, 0.3) is 5.92 Å². The second-order valence-corrected chi connectivity index (χ2v) is 19.7. The first kappa shape index (κ1) is 44.1. The van der Waals surface area contributed by atoms with Gasteiger partial charge in [0.1, 0.15) is 35.8 Å². The Kier molecular flexibility index (Phi) is 11.8. The summed E-state index contributed by atoms with van der Waals surface area (Å²) < 4.78 is 125. The van der Waals surface area contributed by atoms with E-state index in [1.165, 1.54) is 13.2 Å². The van der Waals surface area contributed by atoms with Gasteiger partial charge in [-0.15, -0.1) is 16.9 Å². The van der Waals surface area contributed by atoms with Crippen molar-refractivity contribution in [1.29, 1.82) is 0 Å². The van der Waals surface area contributed by atoms with Gasteiger partial charge in [0.05, 0.1) is 63.0 Å². The highest BCUT2D eigenvalue weighted by molar-refractivity contribution is 8.01. The second-order valence-electron chi connectivity index (χ2n) is 16.2. The highest BCUT2D eigenvalue weighted by Gasteiger charge is 2.53. The Morgan fingerprint density at radius 2 is 1.79 bits per heavy atom. The molecule has 10 nitrogen and oxygen atoms in total. The van der Waals surface area contributed by atoms with Crippen LogP contribution < -0.4 is 10.0 Å². The minimum Gasteiger partial charge on any atom is -0.593 e. The molecule has 3 aliphatic rings. The van der Waals surface area contributed by atoms with Gasteiger partial charge in [-0.2, -0.15) is 31.8 Å². The first-order valence-corrected chi connectivity index (χ1v) is 22.4. The van der Waals surface area contributed by atoms with E-state index in [0.717, 1.165) is 25.0 Å². The summed E-state index contributed by atoms with van der Waals surface area (Å²) >= 11 is 6.95. The number of aromatic nitrogens is 5. The molecule has 0 spiro atoms. The lowest BCUT2D eigenvalue weighted by Crippen LogP contribution is -2.35. The number of rotatable bonds is 12. The van der Waals surface area contributed by atoms with Crippen LogP contribution in [0.5, 0.6) is 0 Å². The highest BCUT2D eigenvalue weighted by Crippen LogP contribution is 2.52. The molecule has 2 fully saturated rings. The van der Waals surface area contributed by atoms with Gasteiger partial charge in [-0.1, -0.05) is 30.5 Å². The van der Waals surface area contributed by atoms with Gasteiger partial charge in [-0.05, 0) is 80.8 Å². The second kappa shape index (κ2) is 16.6. The quantitative estimate of drug-likeness (QED) is 0.0722. The molecule has 328 valence electrons. The summed E-state index contributed by atoms with van der Waals surface area (Å²) in [7, 11) is 0. The number of ether oxygens (including phenoxy) is 1. The van der Waals surface area contributed by atoms with E-state index < -0.39 is 87.6 Å². The predicted molar refractivity (Wildman–Crippen MR) is 222 cm³/mol. The number of pyridine rings is 1. The van der Waals surface area contributed by atoms with Crippen LogP contribution in [0.15, 0.2) is 42.5 Å². The zero-order valence-corrected chi connectivity index (χ0v) is 36.0. The van der Waals surface area contributed by atoms with Gasteiger partial charge in [0.2, 0.25) is 11.7 Å². The Morgan fingerprint density at radius 1 is 1.10 bits per heavy atom. The van der Waals surface area contributed by atoms with Crippen molar-refractivity contribution in [3.05, 3.63) is 93.0 Å². The zero-order valence-electron chi connectivity index (χ0n) is 33.6. The van der Waals surface area contributed by atoms with E-state index in [-0.39, 0.29) is 40.3 Å². The molecule has 20 heteroatoms. The van der Waals surface area contributed by atoms with Crippen LogP contribution in [0.3, 0.4) is 0 Å². The molecule has 3 atom stereocenters. The van der Waals surface area contributed by atoms with E-state index in [0.29, 0.717) is 51.2 Å². The summed E-state index contributed by atoms with van der Waals surface area (Å²) in [5.41, 5.74) is -1.48. The smallest absolute Gasteiger partial charge is 0.435 e. The molecule has 5 aromatic rings. The molecule has 0 radical (unpaired) electrons. The fourth-order valence-corrected chi connectivity index (χ4v) is 9.94. The molecule has 2 N–H and O–H groups in total. The predicted octanol–water partition coefficient (Wildman–Crippen LogP) is 9.25. The minimum atomic E-state index is -5.08. The minimum absolute atomic E-state index is 0.0634. The number of alkyl halides is 5. The van der Waals surface area contributed by atoms with Crippen molar-refractivity contribution in [2.45, 2.75) is 93.1 Å². The van der Waals surface area contributed by atoms with Gasteiger partial charge in [-0.25, -0.2) is 13.8 Å². The lowest BCUT2D eigenvalue weighted by molar-refractivity contribution is -0.142. The molecule has 1 saturated heterocycles. The number of benzene rings is 2. The van der Waals surface area contributed by atoms with Crippen molar-refractivity contribution in [2.24, 2.45) is 0 Å². The number of nitrogens with one attached hydrogen (secondary N) is 2. The topological polar surface area (TPSA) is 122 Å². The van der Waals surface area contributed by atoms with Gasteiger partial charge < -0.3 is 14.6 Å². The molecule has 4 heterocycles. The number of hydrogen-bond donors (Lipinski definition) is 2. The number of nitrogens with zero attached hydrogens (tertiary/aromatic N) is 5. The summed E-state index contributed by atoms with van der Waals surface area (Å²) in [5.74, 6) is -1.19. The number of hydrogen-bond acceptors (Lipinski definition) is 8. The van der Waals surface area contributed by atoms with E-state index in [1.807, 2.05) is 13.8 Å². The van der Waals surface area contributed by atoms with Crippen LogP contribution in [-0.2, 0) is 46.0 Å². The van der Waals surface area contributed by atoms with Gasteiger partial charge in [0.15, 0.2) is 5.69 Å². The Bertz CT molecular complexity index is 2610. The fourth-order valence-electron chi connectivity index (χ4n) is 7.97. The Labute approximate surface area is 364 Å². The van der Waals surface area contributed by atoms with Crippen molar-refractivity contribution < 1.29 is 44.8 Å². The van der Waals surface area contributed by atoms with Gasteiger partial charge in [0, 0.05) is 34.4 Å². The maximum Gasteiger partial charge on any atom is 0.435 e.